The van der Waals surface area contributed by atoms with Gasteiger partial charge in [-0.25, -0.2) is 4.68 Å². The van der Waals surface area contributed by atoms with Crippen LogP contribution >= 0.6 is 0 Å². The highest BCUT2D eigenvalue weighted by atomic mass is 16.5. The number of benzene rings is 4. The van der Waals surface area contributed by atoms with Gasteiger partial charge in [0.15, 0.2) is 46.1 Å². The standard InChI is InChI=1S/C30H35N3O9.C24H22O6.C6H13N3O3/c1-39-30-17-23(3-7-27(37)18-26(36)6-2-22-4-8-28(38)24(16-22)20-35)5-9-29(30)42-21-25-19-33(32-31-25)10-12-40-14-15-41-13-11-34;1-3-12-30-23-11-7-18(14-24(23)29-2)5-9-21(27)15-20(26)8-4-17-6-10-22(28)19(13-17)16-25;7-9-8-1-3-11-5-6-12-4-2-10/h2-9,16-17,19,34-35,38H,10-15,18,20-21H2,1H3;1,4-11,13-14,25,28H,12,15-16H2,2H3;10H,1-6H2/b6-2-,7-3-;8-4-,9-5-;. The fourth-order valence-corrected chi connectivity index (χ4v) is 6.69. The van der Waals surface area contributed by atoms with Crippen molar-refractivity contribution in [1.29, 1.82) is 0 Å². The third kappa shape index (κ3) is 28.6. The molecule has 5 rings (SSSR count). The number of methoxy groups -OCH3 is 2. The summed E-state index contributed by atoms with van der Waals surface area (Å²) in [6, 6.07) is 19.5. The molecule has 0 atom stereocenters. The molecule has 0 aliphatic rings. The number of ether oxygens (including phenoxy) is 8. The number of aliphatic hydroxyl groups is 4. The van der Waals surface area contributed by atoms with E-state index in [4.69, 9.17) is 65.2 Å². The fourth-order valence-electron chi connectivity index (χ4n) is 6.69. The van der Waals surface area contributed by atoms with Gasteiger partial charge in [-0.05, 0) is 101 Å². The van der Waals surface area contributed by atoms with Gasteiger partial charge in [-0.3, -0.25) is 19.2 Å². The van der Waals surface area contributed by atoms with Gasteiger partial charge in [0.05, 0.1) is 119 Å². The lowest BCUT2D eigenvalue weighted by Crippen LogP contribution is -2.11. The van der Waals surface area contributed by atoms with Gasteiger partial charge in [-0.1, -0.05) is 64.8 Å². The third-order valence-corrected chi connectivity index (χ3v) is 10.8. The van der Waals surface area contributed by atoms with Crippen molar-refractivity contribution in [2.24, 2.45) is 5.11 Å². The van der Waals surface area contributed by atoms with Crippen molar-refractivity contribution in [3.8, 4) is 46.8 Å². The largest absolute Gasteiger partial charge is 0.508 e. The number of aromatic nitrogens is 3. The average Bonchev–Trinajstić information content (AvgIpc) is 4.05. The van der Waals surface area contributed by atoms with Crippen LogP contribution in [0.5, 0.6) is 34.5 Å². The zero-order chi connectivity index (χ0) is 61.2. The van der Waals surface area contributed by atoms with Crippen molar-refractivity contribution in [3.05, 3.63) is 153 Å². The van der Waals surface area contributed by atoms with Gasteiger partial charge >= 0.3 is 0 Å². The Kier molecular flexibility index (Phi) is 34.6. The van der Waals surface area contributed by atoms with Gasteiger partial charge in [0.2, 0.25) is 0 Å². The SMILES string of the molecule is C#CCOc1ccc(/C=C\C(=O)CC(=O)/C=C\c2ccc(O)c(CO)c2)cc1OC.COc1cc(/C=C\C(=O)CC(=O)/C=C\c2ccc(O)c(CO)c2)ccc1OCc1cn(CCOCCOCCO)nn1.[N-]=[N+]=NCCOCCOCCO. The maximum absolute atomic E-state index is 12.3. The molecule has 24 nitrogen and oxygen atoms in total. The second kappa shape index (κ2) is 41.9. The van der Waals surface area contributed by atoms with Crippen LogP contribution in [-0.4, -0.2) is 162 Å². The first-order chi connectivity index (χ1) is 40.8. The quantitative estimate of drug-likeness (QED) is 0.00518. The molecule has 0 radical (unpaired) electrons. The summed E-state index contributed by atoms with van der Waals surface area (Å²) in [5, 5.41) is 66.0. The Morgan fingerprint density at radius 2 is 1.02 bits per heavy atom. The van der Waals surface area contributed by atoms with Gasteiger partial charge in [0.25, 0.3) is 0 Å². The van der Waals surface area contributed by atoms with Gasteiger partial charge in [0.1, 0.15) is 30.4 Å². The lowest BCUT2D eigenvalue weighted by atomic mass is 10.1. The van der Waals surface area contributed by atoms with Crippen molar-refractivity contribution in [2.75, 3.05) is 93.4 Å². The Bertz CT molecular complexity index is 3050. The molecule has 0 aliphatic carbocycles. The van der Waals surface area contributed by atoms with Crippen molar-refractivity contribution in [1.82, 2.24) is 15.0 Å². The van der Waals surface area contributed by atoms with Crippen LogP contribution in [0.15, 0.2) is 108 Å². The van der Waals surface area contributed by atoms with E-state index in [-0.39, 0.29) is 87.1 Å². The number of rotatable bonds is 37. The minimum atomic E-state index is -0.377. The molecule has 1 heterocycles. The summed E-state index contributed by atoms with van der Waals surface area (Å²) in [6.07, 6.45) is 17.8. The van der Waals surface area contributed by atoms with Crippen LogP contribution in [0.1, 0.15) is 51.9 Å². The molecule has 0 unspecified atom stereocenters. The lowest BCUT2D eigenvalue weighted by molar-refractivity contribution is -0.123. The Morgan fingerprint density at radius 3 is 1.45 bits per heavy atom. The molecule has 24 heteroatoms. The molecular weight excluding hydrogens is 1090 g/mol. The van der Waals surface area contributed by atoms with Crippen LogP contribution < -0.4 is 18.9 Å². The number of allylic oxidation sites excluding steroid dienone is 4. The minimum absolute atomic E-state index is 0.0143. The first-order valence-corrected chi connectivity index (χ1v) is 26.0. The first kappa shape index (κ1) is 69.3. The summed E-state index contributed by atoms with van der Waals surface area (Å²) in [6.45, 7) is 3.74. The molecular formula is C60H70N6O18. The Labute approximate surface area is 486 Å². The van der Waals surface area contributed by atoms with E-state index < -0.39 is 0 Å². The summed E-state index contributed by atoms with van der Waals surface area (Å²) in [7, 11) is 3.01. The Hall–Kier alpha value is -8.99. The zero-order valence-electron chi connectivity index (χ0n) is 46.7. The lowest BCUT2D eigenvalue weighted by Gasteiger charge is -2.10. The van der Waals surface area contributed by atoms with E-state index in [0.717, 1.165) is 0 Å². The molecule has 6 N–H and O–H groups in total. The summed E-state index contributed by atoms with van der Waals surface area (Å²) < 4.78 is 44.0. The van der Waals surface area contributed by atoms with E-state index in [0.29, 0.717) is 128 Å². The maximum atomic E-state index is 12.3. The van der Waals surface area contributed by atoms with Gasteiger partial charge < -0.3 is 68.5 Å². The normalized spacial score (nSPS) is 10.9. The fraction of sp³-hybridized carbons (Fsp3) is 0.333. The first-order valence-electron chi connectivity index (χ1n) is 26.0. The third-order valence-electron chi connectivity index (χ3n) is 10.8. The molecule has 4 aromatic carbocycles. The molecule has 0 amide bonds. The average molecular weight is 1160 g/mol. The molecule has 5 aromatic rings. The van der Waals surface area contributed by atoms with Gasteiger partial charge in [-0.15, -0.1) is 11.5 Å². The highest BCUT2D eigenvalue weighted by Crippen LogP contribution is 2.30. The molecule has 84 heavy (non-hydrogen) atoms. The van der Waals surface area contributed by atoms with E-state index in [1.54, 1.807) is 83.7 Å². The van der Waals surface area contributed by atoms with Crippen LogP contribution in [-0.2, 0) is 64.5 Å². The maximum Gasteiger partial charge on any atom is 0.163 e. The predicted octanol–water partition coefficient (Wildman–Crippen LogP) is 5.83. The highest BCUT2D eigenvalue weighted by Gasteiger charge is 2.11. The minimum Gasteiger partial charge on any atom is -0.508 e. The van der Waals surface area contributed by atoms with Crippen LogP contribution in [0.3, 0.4) is 0 Å². The van der Waals surface area contributed by atoms with E-state index in [1.165, 1.54) is 62.8 Å². The molecule has 0 saturated heterocycles. The van der Waals surface area contributed by atoms with Crippen LogP contribution in [0, 0.1) is 12.3 Å². The number of phenols is 2. The van der Waals surface area contributed by atoms with E-state index in [2.05, 4.69) is 26.3 Å². The smallest absolute Gasteiger partial charge is 0.163 e. The molecule has 0 fully saturated rings. The topological polar surface area (TPSA) is 343 Å². The number of ketones is 4. The highest BCUT2D eigenvalue weighted by molar-refractivity contribution is 6.11. The van der Waals surface area contributed by atoms with Crippen LogP contribution in [0.2, 0.25) is 0 Å². The number of terminal acetylenes is 1. The summed E-state index contributed by atoms with van der Waals surface area (Å²) in [4.78, 5) is 51.1. The van der Waals surface area contributed by atoms with Crippen molar-refractivity contribution < 1.29 is 87.7 Å². The van der Waals surface area contributed by atoms with E-state index in [1.807, 2.05) is 0 Å². The molecule has 0 spiro atoms. The van der Waals surface area contributed by atoms with Crippen molar-refractivity contribution in [3.63, 3.8) is 0 Å². The molecule has 1 aromatic heterocycles. The molecule has 448 valence electrons. The van der Waals surface area contributed by atoms with Gasteiger partial charge in [-0.2, -0.15) is 0 Å². The second-order valence-electron chi connectivity index (χ2n) is 17.1. The molecule has 0 aliphatic heterocycles. The van der Waals surface area contributed by atoms with Gasteiger partial charge in [0, 0.05) is 22.6 Å². The Balaban J connectivity index is 0.000000382. The van der Waals surface area contributed by atoms with E-state index >= 15 is 0 Å². The number of aromatic hydroxyl groups is 2. The van der Waals surface area contributed by atoms with Crippen molar-refractivity contribution in [2.45, 2.75) is 39.2 Å². The summed E-state index contributed by atoms with van der Waals surface area (Å²) in [5.74, 6) is 2.80. The van der Waals surface area contributed by atoms with E-state index in [9.17, 15) is 34.5 Å². The molecule has 0 saturated carbocycles. The predicted molar refractivity (Wildman–Crippen MR) is 310 cm³/mol. The number of hydrogen-bond acceptors (Lipinski definition) is 21. The van der Waals surface area contributed by atoms with Crippen LogP contribution in [0.25, 0.3) is 34.7 Å². The zero-order valence-corrected chi connectivity index (χ0v) is 46.7. The number of azide groups is 1. The number of nitrogens with zero attached hydrogens (tertiary/aromatic N) is 6. The second-order valence-corrected chi connectivity index (χ2v) is 17.1. The monoisotopic (exact) mass is 1160 g/mol. The molecule has 0 bridgehead atoms. The number of carbonyl (C=O) groups is 4. The Morgan fingerprint density at radius 1 is 0.595 bits per heavy atom. The number of carbonyl (C=O) groups excluding carboxylic acids is 4. The number of hydrogen-bond donors (Lipinski definition) is 6. The number of aliphatic hydroxyl groups excluding tert-OH is 4. The van der Waals surface area contributed by atoms with Crippen LogP contribution in [0.4, 0.5) is 0 Å². The summed E-state index contributed by atoms with van der Waals surface area (Å²) >= 11 is 0. The van der Waals surface area contributed by atoms with Crippen molar-refractivity contribution >= 4 is 47.4 Å². The summed E-state index contributed by atoms with van der Waals surface area (Å²) in [5.41, 5.74) is 11.9.